The predicted molar refractivity (Wildman–Crippen MR) is 244 cm³/mol. The van der Waals surface area contributed by atoms with Crippen molar-refractivity contribution in [3.05, 3.63) is 35.9 Å². The Morgan fingerprint density at radius 3 is 1.64 bits per heavy atom. The molecule has 366 valence electrons. The number of benzene rings is 1. The number of carbonyl (C=O) groups excluding carboxylic acids is 6. The summed E-state index contributed by atoms with van der Waals surface area (Å²) >= 11 is 0. The Bertz CT molecular complexity index is 1430. The van der Waals surface area contributed by atoms with Gasteiger partial charge in [0.05, 0.1) is 33.0 Å². The summed E-state index contributed by atoms with van der Waals surface area (Å²) in [5.74, 6) is -1.69. The zero-order valence-corrected chi connectivity index (χ0v) is 40.1. The number of hydrogen-bond donors (Lipinski definition) is 2. The van der Waals surface area contributed by atoms with Crippen LogP contribution in [0.15, 0.2) is 30.3 Å². The fraction of sp³-hybridized carbons (Fsp3) is 0.755. The molecule has 0 aliphatic rings. The van der Waals surface area contributed by atoms with Crippen LogP contribution < -0.4 is 10.6 Å². The van der Waals surface area contributed by atoms with Crippen molar-refractivity contribution >= 4 is 35.5 Å². The molecular formula is C49H82N2O13. The summed E-state index contributed by atoms with van der Waals surface area (Å²) in [5, 5.41) is 5.55. The molecule has 0 unspecified atom stereocenters. The second-order valence-electron chi connectivity index (χ2n) is 18.0. The molecule has 1 atom stereocenters. The highest BCUT2D eigenvalue weighted by atomic mass is 16.6. The molecule has 0 spiro atoms. The molecule has 0 aliphatic carbocycles. The van der Waals surface area contributed by atoms with E-state index >= 15 is 0 Å². The van der Waals surface area contributed by atoms with Gasteiger partial charge in [-0.15, -0.1) is 0 Å². The Balaban J connectivity index is 2.06. The smallest absolute Gasteiger partial charge is 0.332 e. The first-order valence-corrected chi connectivity index (χ1v) is 23.6. The van der Waals surface area contributed by atoms with Gasteiger partial charge in [0.2, 0.25) is 11.8 Å². The van der Waals surface area contributed by atoms with E-state index in [9.17, 15) is 28.8 Å². The van der Waals surface area contributed by atoms with Crippen LogP contribution in [0.2, 0.25) is 0 Å². The molecule has 1 aromatic carbocycles. The monoisotopic (exact) mass is 907 g/mol. The SMILES string of the molecule is CC(C)(C)OC(=O)CCCCCCCCCCCCCCC(=O)N[C@@H](CCC(=O)NCCOCCOCC(=O)CCCOCCOCC(=O)OCc1ccccc1)C(=O)OC(C)(C)C. The number of nitrogens with one attached hydrogen (secondary N) is 2. The van der Waals surface area contributed by atoms with E-state index < -0.39 is 29.2 Å². The van der Waals surface area contributed by atoms with Crippen LogP contribution >= 0.6 is 0 Å². The molecule has 0 radical (unpaired) electrons. The minimum absolute atomic E-state index is 0.0222. The van der Waals surface area contributed by atoms with Crippen LogP contribution in [0.1, 0.15) is 163 Å². The van der Waals surface area contributed by atoms with E-state index in [1.54, 1.807) is 20.8 Å². The number of rotatable bonds is 39. The second-order valence-corrected chi connectivity index (χ2v) is 18.0. The van der Waals surface area contributed by atoms with E-state index in [1.165, 1.54) is 32.1 Å². The summed E-state index contributed by atoms with van der Waals surface area (Å²) < 4.78 is 37.6. The number of Topliss-reactive ketones (excluding diaryl/α,β-unsaturated/α-hetero) is 1. The summed E-state index contributed by atoms with van der Waals surface area (Å²) in [4.78, 5) is 73.8. The summed E-state index contributed by atoms with van der Waals surface area (Å²) in [6.07, 6.45) is 14.7. The quantitative estimate of drug-likeness (QED) is 0.0372. The van der Waals surface area contributed by atoms with Crippen LogP contribution in [0.5, 0.6) is 0 Å². The van der Waals surface area contributed by atoms with E-state index in [0.717, 1.165) is 50.5 Å². The molecule has 0 aromatic heterocycles. The lowest BCUT2D eigenvalue weighted by atomic mass is 10.0. The van der Waals surface area contributed by atoms with Crippen LogP contribution in [0.3, 0.4) is 0 Å². The first kappa shape index (κ1) is 58.1. The van der Waals surface area contributed by atoms with Gasteiger partial charge in [0.1, 0.15) is 37.1 Å². The lowest BCUT2D eigenvalue weighted by Gasteiger charge is -2.24. The molecule has 2 amide bonds. The third-order valence-electron chi connectivity index (χ3n) is 9.42. The first-order chi connectivity index (χ1) is 30.5. The zero-order chi connectivity index (χ0) is 47.3. The zero-order valence-electron chi connectivity index (χ0n) is 40.1. The molecule has 0 aliphatic heterocycles. The molecule has 1 aromatic rings. The average molecular weight is 907 g/mol. The number of carbonyl (C=O) groups is 6. The number of ketones is 1. The maximum absolute atomic E-state index is 12.9. The third-order valence-corrected chi connectivity index (χ3v) is 9.42. The first-order valence-electron chi connectivity index (χ1n) is 23.6. The van der Waals surface area contributed by atoms with Crippen molar-refractivity contribution in [2.75, 3.05) is 59.4 Å². The van der Waals surface area contributed by atoms with Gasteiger partial charge in [0.25, 0.3) is 0 Å². The molecule has 0 fully saturated rings. The van der Waals surface area contributed by atoms with Crippen LogP contribution in [0.25, 0.3) is 0 Å². The molecule has 0 saturated heterocycles. The highest BCUT2D eigenvalue weighted by Crippen LogP contribution is 2.16. The number of ether oxygens (including phenoxy) is 7. The van der Waals surface area contributed by atoms with Gasteiger partial charge in [0.15, 0.2) is 5.78 Å². The van der Waals surface area contributed by atoms with Crippen molar-refractivity contribution in [2.24, 2.45) is 0 Å². The third kappa shape index (κ3) is 37.5. The van der Waals surface area contributed by atoms with Crippen LogP contribution in [0.4, 0.5) is 0 Å². The van der Waals surface area contributed by atoms with Gasteiger partial charge in [-0.2, -0.15) is 0 Å². The number of unbranched alkanes of at least 4 members (excludes halogenated alkanes) is 11. The van der Waals surface area contributed by atoms with Gasteiger partial charge in [-0.3, -0.25) is 19.2 Å². The molecular weight excluding hydrogens is 825 g/mol. The van der Waals surface area contributed by atoms with Crippen LogP contribution in [-0.2, 0) is 68.5 Å². The van der Waals surface area contributed by atoms with Crippen molar-refractivity contribution in [1.29, 1.82) is 0 Å². The molecule has 0 bridgehead atoms. The molecule has 2 N–H and O–H groups in total. The Hall–Kier alpha value is -3.92. The van der Waals surface area contributed by atoms with Gasteiger partial charge >= 0.3 is 17.9 Å². The van der Waals surface area contributed by atoms with Crippen molar-refractivity contribution < 1.29 is 61.9 Å². The highest BCUT2D eigenvalue weighted by molar-refractivity contribution is 5.85. The number of hydrogen-bond acceptors (Lipinski definition) is 13. The molecule has 0 heterocycles. The van der Waals surface area contributed by atoms with Gasteiger partial charge in [-0.1, -0.05) is 94.5 Å². The lowest BCUT2D eigenvalue weighted by molar-refractivity contribution is -0.159. The normalized spacial score (nSPS) is 12.0. The summed E-state index contributed by atoms with van der Waals surface area (Å²) in [7, 11) is 0. The summed E-state index contributed by atoms with van der Waals surface area (Å²) in [6.45, 7) is 12.8. The highest BCUT2D eigenvalue weighted by Gasteiger charge is 2.27. The van der Waals surface area contributed by atoms with Crippen molar-refractivity contribution in [3.63, 3.8) is 0 Å². The van der Waals surface area contributed by atoms with E-state index in [1.807, 2.05) is 51.1 Å². The maximum atomic E-state index is 12.9. The lowest BCUT2D eigenvalue weighted by Crippen LogP contribution is -2.44. The van der Waals surface area contributed by atoms with Gasteiger partial charge in [-0.05, 0) is 72.8 Å². The predicted octanol–water partition coefficient (Wildman–Crippen LogP) is 7.67. The van der Waals surface area contributed by atoms with E-state index in [0.29, 0.717) is 38.9 Å². The molecule has 1 rings (SSSR count). The summed E-state index contributed by atoms with van der Waals surface area (Å²) in [6, 6.07) is 8.46. The largest absolute Gasteiger partial charge is 0.460 e. The van der Waals surface area contributed by atoms with E-state index in [-0.39, 0.29) is 89.2 Å². The fourth-order valence-electron chi connectivity index (χ4n) is 6.23. The summed E-state index contributed by atoms with van der Waals surface area (Å²) in [5.41, 5.74) is -0.254. The second kappa shape index (κ2) is 36.3. The standard InChI is InChI=1S/C49H82N2O13/c1-48(2,3)63-45(55)27-21-16-14-12-10-8-7-9-11-13-15-20-26-44(54)51-42(47(57)64-49(4,5)6)28-29-43(53)50-30-32-59-34-35-60-38-41(52)25-22-31-58-33-36-61-39-46(56)62-37-40-23-18-17-19-24-40/h17-19,23-24,42H,7-16,20-22,25-39H2,1-6H3,(H,50,53)(H,51,54)/t42-/m0/s1. The Morgan fingerprint density at radius 2 is 1.05 bits per heavy atom. The number of amides is 2. The van der Waals surface area contributed by atoms with Crippen molar-refractivity contribution in [1.82, 2.24) is 10.6 Å². The minimum Gasteiger partial charge on any atom is -0.460 e. The van der Waals surface area contributed by atoms with Gasteiger partial charge in [-0.25, -0.2) is 9.59 Å². The van der Waals surface area contributed by atoms with Gasteiger partial charge in [0, 0.05) is 38.8 Å². The molecule has 15 nitrogen and oxygen atoms in total. The van der Waals surface area contributed by atoms with E-state index in [2.05, 4.69) is 10.6 Å². The Morgan fingerprint density at radius 1 is 0.516 bits per heavy atom. The van der Waals surface area contributed by atoms with Crippen molar-refractivity contribution in [2.45, 2.75) is 181 Å². The Labute approximate surface area is 383 Å². The van der Waals surface area contributed by atoms with Gasteiger partial charge < -0.3 is 43.8 Å². The molecule has 15 heteroatoms. The minimum atomic E-state index is -0.930. The maximum Gasteiger partial charge on any atom is 0.332 e. The van der Waals surface area contributed by atoms with E-state index in [4.69, 9.17) is 33.2 Å². The van der Waals surface area contributed by atoms with Crippen LogP contribution in [0, 0.1) is 0 Å². The van der Waals surface area contributed by atoms with Crippen LogP contribution in [-0.4, -0.2) is 112 Å². The number of esters is 3. The average Bonchev–Trinajstić information content (AvgIpc) is 3.22. The molecule has 64 heavy (non-hydrogen) atoms. The fourth-order valence-corrected chi connectivity index (χ4v) is 6.23. The topological polar surface area (TPSA) is 191 Å². The van der Waals surface area contributed by atoms with Crippen molar-refractivity contribution in [3.8, 4) is 0 Å². The molecule has 0 saturated carbocycles. The Kier molecular flexibility index (Phi) is 33.0.